The molecule has 2 N–H and O–H groups in total. The van der Waals surface area contributed by atoms with Gasteiger partial charge in [0.05, 0.1) is 5.69 Å². The molecule has 1 aromatic heterocycles. The van der Waals surface area contributed by atoms with Gasteiger partial charge in [0.1, 0.15) is 11.6 Å². The molecule has 1 atom stereocenters. The number of aromatic nitrogens is 2. The van der Waals surface area contributed by atoms with Gasteiger partial charge in [0, 0.05) is 36.3 Å². The van der Waals surface area contributed by atoms with Gasteiger partial charge >= 0.3 is 0 Å². The number of nitrogens with zero attached hydrogens (tertiary/aromatic N) is 2. The molecule has 5 nitrogen and oxygen atoms in total. The molecule has 3 rings (SSSR count). The van der Waals surface area contributed by atoms with Gasteiger partial charge in [-0.2, -0.15) is 0 Å². The smallest absolute Gasteiger partial charge is 0.228 e. The summed E-state index contributed by atoms with van der Waals surface area (Å²) in [5.74, 6) is 0.687. The maximum atomic E-state index is 12.3. The highest BCUT2D eigenvalue weighted by atomic mass is 35.5. The van der Waals surface area contributed by atoms with E-state index in [9.17, 15) is 9.90 Å². The second kappa shape index (κ2) is 5.17. The topological polar surface area (TPSA) is 67.2 Å². The van der Waals surface area contributed by atoms with E-state index in [2.05, 4.69) is 14.9 Å². The van der Waals surface area contributed by atoms with E-state index in [0.717, 1.165) is 18.8 Å². The maximum absolute atomic E-state index is 12.3. The summed E-state index contributed by atoms with van der Waals surface area (Å²) in [5.41, 5.74) is 0.344. The summed E-state index contributed by atoms with van der Waals surface area (Å²) in [6.07, 6.45) is 5.04. The first kappa shape index (κ1) is 13.0. The van der Waals surface area contributed by atoms with Crippen molar-refractivity contribution in [2.45, 2.75) is 19.4 Å². The molecule has 0 spiro atoms. The van der Waals surface area contributed by atoms with Crippen LogP contribution in [0.3, 0.4) is 0 Å². The third-order valence-corrected chi connectivity index (χ3v) is 3.77. The minimum Gasteiger partial charge on any atom is -0.506 e. The lowest BCUT2D eigenvalue weighted by Crippen LogP contribution is -2.30. The number of amides is 1. The van der Waals surface area contributed by atoms with E-state index in [1.54, 1.807) is 18.3 Å². The van der Waals surface area contributed by atoms with Crippen LogP contribution in [0.5, 0.6) is 5.75 Å². The molecule has 0 saturated carbocycles. The molecule has 6 heteroatoms. The molecule has 104 valence electrons. The molecule has 1 aliphatic rings. The highest BCUT2D eigenvalue weighted by molar-refractivity contribution is 6.31. The molecule has 0 radical (unpaired) electrons. The summed E-state index contributed by atoms with van der Waals surface area (Å²) < 4.78 is 2.06. The minimum atomic E-state index is -0.136. The van der Waals surface area contributed by atoms with Crippen molar-refractivity contribution in [2.24, 2.45) is 5.92 Å². The summed E-state index contributed by atoms with van der Waals surface area (Å²) >= 11 is 5.86. The number of imidazole rings is 1. The molecule has 1 unspecified atom stereocenters. The van der Waals surface area contributed by atoms with Gasteiger partial charge in [-0.15, -0.1) is 0 Å². The lowest BCUT2D eigenvalue weighted by molar-refractivity contribution is -0.120. The predicted octanol–water partition coefficient (Wildman–Crippen LogP) is 2.44. The van der Waals surface area contributed by atoms with E-state index in [-0.39, 0.29) is 17.6 Å². The average Bonchev–Trinajstić information content (AvgIpc) is 2.90. The second-order valence-electron chi connectivity index (χ2n) is 4.88. The van der Waals surface area contributed by atoms with Crippen LogP contribution in [0.1, 0.15) is 12.2 Å². The highest BCUT2D eigenvalue weighted by Crippen LogP contribution is 2.28. The van der Waals surface area contributed by atoms with Crippen molar-refractivity contribution in [3.8, 4) is 5.75 Å². The Morgan fingerprint density at radius 2 is 2.35 bits per heavy atom. The Hall–Kier alpha value is -2.01. The number of benzene rings is 1. The van der Waals surface area contributed by atoms with Crippen molar-refractivity contribution in [1.29, 1.82) is 0 Å². The van der Waals surface area contributed by atoms with Gasteiger partial charge in [-0.1, -0.05) is 11.6 Å². The number of rotatable bonds is 2. The number of carbonyl (C=O) groups is 1. The van der Waals surface area contributed by atoms with E-state index in [0.29, 0.717) is 17.1 Å². The third-order valence-electron chi connectivity index (χ3n) is 3.54. The fourth-order valence-electron chi connectivity index (χ4n) is 2.42. The third kappa shape index (κ3) is 2.49. The summed E-state index contributed by atoms with van der Waals surface area (Å²) in [4.78, 5) is 16.5. The van der Waals surface area contributed by atoms with E-state index >= 15 is 0 Å². The Morgan fingerprint density at radius 3 is 3.20 bits per heavy atom. The van der Waals surface area contributed by atoms with Gasteiger partial charge in [-0.3, -0.25) is 4.79 Å². The minimum absolute atomic E-state index is 0.0139. The van der Waals surface area contributed by atoms with Crippen molar-refractivity contribution in [2.75, 3.05) is 5.32 Å². The Morgan fingerprint density at radius 1 is 1.50 bits per heavy atom. The van der Waals surface area contributed by atoms with Crippen LogP contribution in [0.2, 0.25) is 5.02 Å². The largest absolute Gasteiger partial charge is 0.506 e. The molecule has 20 heavy (non-hydrogen) atoms. The Balaban J connectivity index is 1.73. The number of anilines is 1. The Labute approximate surface area is 121 Å². The van der Waals surface area contributed by atoms with Gasteiger partial charge in [-0.05, 0) is 24.6 Å². The molecule has 0 bridgehead atoms. The second-order valence-corrected chi connectivity index (χ2v) is 5.31. The Bertz CT molecular complexity index is 654. The van der Waals surface area contributed by atoms with Crippen LogP contribution >= 0.6 is 11.6 Å². The zero-order valence-electron chi connectivity index (χ0n) is 10.7. The van der Waals surface area contributed by atoms with Crippen LogP contribution in [0.15, 0.2) is 30.6 Å². The molecular weight excluding hydrogens is 278 g/mol. The summed E-state index contributed by atoms with van der Waals surface area (Å²) in [7, 11) is 0. The van der Waals surface area contributed by atoms with Crippen LogP contribution in [-0.4, -0.2) is 20.6 Å². The molecule has 0 fully saturated rings. The molecule has 1 aliphatic heterocycles. The zero-order chi connectivity index (χ0) is 14.1. The quantitative estimate of drug-likeness (QED) is 0.835. The first-order valence-corrected chi connectivity index (χ1v) is 6.80. The molecule has 1 aromatic carbocycles. The molecule has 2 heterocycles. The van der Waals surface area contributed by atoms with Crippen molar-refractivity contribution in [1.82, 2.24) is 9.55 Å². The van der Waals surface area contributed by atoms with Crippen LogP contribution in [0.4, 0.5) is 5.69 Å². The summed E-state index contributed by atoms with van der Waals surface area (Å²) in [6.45, 7) is 0.787. The van der Waals surface area contributed by atoms with Crippen molar-refractivity contribution in [3.05, 3.63) is 41.4 Å². The van der Waals surface area contributed by atoms with Crippen molar-refractivity contribution in [3.63, 3.8) is 0 Å². The molecule has 0 saturated heterocycles. The van der Waals surface area contributed by atoms with Crippen molar-refractivity contribution < 1.29 is 9.90 Å². The number of nitrogens with one attached hydrogen (secondary N) is 1. The number of hydrogen-bond donors (Lipinski definition) is 2. The number of phenols is 1. The van der Waals surface area contributed by atoms with E-state index < -0.39 is 0 Å². The number of fused-ring (bicyclic) bond motifs is 1. The van der Waals surface area contributed by atoms with Crippen molar-refractivity contribution >= 4 is 23.2 Å². The number of halogens is 1. The first-order chi connectivity index (χ1) is 9.63. The standard InChI is InChI=1S/C14H14ClN3O2/c15-10-1-2-12(19)11(8-10)17-14(20)9-3-5-18-6-4-16-13(18)7-9/h1-2,4,6,8-9,19H,3,5,7H2,(H,17,20). The van der Waals surface area contributed by atoms with Gasteiger partial charge in [-0.25, -0.2) is 4.98 Å². The molecule has 0 aliphatic carbocycles. The summed E-state index contributed by atoms with van der Waals surface area (Å²) in [6, 6.07) is 4.58. The lowest BCUT2D eigenvalue weighted by Gasteiger charge is -2.22. The van der Waals surface area contributed by atoms with Gasteiger partial charge in [0.15, 0.2) is 0 Å². The normalized spacial score (nSPS) is 17.6. The van der Waals surface area contributed by atoms with Gasteiger partial charge in [0.25, 0.3) is 0 Å². The average molecular weight is 292 g/mol. The fraction of sp³-hybridized carbons (Fsp3) is 0.286. The van der Waals surface area contributed by atoms with E-state index in [1.807, 2.05) is 6.20 Å². The van der Waals surface area contributed by atoms with Gasteiger partial charge < -0.3 is 15.0 Å². The number of aryl methyl sites for hydroxylation is 1. The van der Waals surface area contributed by atoms with E-state index in [1.165, 1.54) is 6.07 Å². The molecule has 1 amide bonds. The molecular formula is C14H14ClN3O2. The first-order valence-electron chi connectivity index (χ1n) is 6.43. The van der Waals surface area contributed by atoms with Crippen LogP contribution in [-0.2, 0) is 17.8 Å². The number of aromatic hydroxyl groups is 1. The lowest BCUT2D eigenvalue weighted by atomic mass is 9.97. The number of phenolic OH excluding ortho intramolecular Hbond substituents is 1. The number of hydrogen-bond acceptors (Lipinski definition) is 3. The maximum Gasteiger partial charge on any atom is 0.228 e. The molecule has 2 aromatic rings. The monoisotopic (exact) mass is 291 g/mol. The predicted molar refractivity (Wildman–Crippen MR) is 75.8 cm³/mol. The highest BCUT2D eigenvalue weighted by Gasteiger charge is 2.25. The summed E-state index contributed by atoms with van der Waals surface area (Å²) in [5, 5.41) is 12.9. The van der Waals surface area contributed by atoms with Crippen LogP contribution in [0.25, 0.3) is 0 Å². The SMILES string of the molecule is O=C(Nc1cc(Cl)ccc1O)C1CCn2ccnc2C1. The van der Waals surface area contributed by atoms with Gasteiger partial charge in [0.2, 0.25) is 5.91 Å². The zero-order valence-corrected chi connectivity index (χ0v) is 11.5. The fourth-order valence-corrected chi connectivity index (χ4v) is 2.59. The van der Waals surface area contributed by atoms with Crippen LogP contribution in [0, 0.1) is 5.92 Å². The van der Waals surface area contributed by atoms with E-state index in [4.69, 9.17) is 11.6 Å². The Kier molecular flexibility index (Phi) is 3.36. The van der Waals surface area contributed by atoms with Crippen LogP contribution < -0.4 is 5.32 Å². The number of carbonyl (C=O) groups excluding carboxylic acids is 1.